The minimum absolute atomic E-state index is 0.526. The number of aryl methyl sites for hydroxylation is 1. The Hall–Kier alpha value is -3.25. The zero-order valence-electron chi connectivity index (χ0n) is 14.8. The summed E-state index contributed by atoms with van der Waals surface area (Å²) in [6.45, 7) is 2.51. The van der Waals surface area contributed by atoms with E-state index < -0.39 is 0 Å². The van der Waals surface area contributed by atoms with Crippen molar-refractivity contribution in [2.24, 2.45) is 0 Å². The van der Waals surface area contributed by atoms with Gasteiger partial charge in [-0.05, 0) is 30.7 Å². The summed E-state index contributed by atoms with van der Waals surface area (Å²) < 4.78 is 5.88. The highest BCUT2D eigenvalue weighted by Crippen LogP contribution is 2.23. The van der Waals surface area contributed by atoms with Crippen LogP contribution in [-0.4, -0.2) is 15.0 Å². The zero-order valence-corrected chi connectivity index (χ0v) is 15.6. The van der Waals surface area contributed by atoms with E-state index in [1.807, 2.05) is 73.0 Å². The SMILES string of the molecule is Cc1nc(-c2ccnc(Nc3cccc(OCc4ccccc4)c3)n2)cs1. The summed E-state index contributed by atoms with van der Waals surface area (Å²) in [6, 6.07) is 19.7. The molecule has 0 aliphatic carbocycles. The van der Waals surface area contributed by atoms with Crippen LogP contribution in [0.4, 0.5) is 11.6 Å². The van der Waals surface area contributed by atoms with Gasteiger partial charge in [-0.2, -0.15) is 0 Å². The minimum Gasteiger partial charge on any atom is -0.489 e. The molecule has 134 valence electrons. The second kappa shape index (κ2) is 7.97. The van der Waals surface area contributed by atoms with Crippen LogP contribution in [-0.2, 0) is 6.61 Å². The van der Waals surface area contributed by atoms with E-state index in [9.17, 15) is 0 Å². The van der Waals surface area contributed by atoms with E-state index in [4.69, 9.17) is 4.74 Å². The van der Waals surface area contributed by atoms with Gasteiger partial charge in [-0.1, -0.05) is 36.4 Å². The van der Waals surface area contributed by atoms with Gasteiger partial charge in [-0.15, -0.1) is 11.3 Å². The molecule has 0 saturated carbocycles. The molecule has 4 aromatic rings. The van der Waals surface area contributed by atoms with Gasteiger partial charge in [0.25, 0.3) is 0 Å². The lowest BCUT2D eigenvalue weighted by Gasteiger charge is -2.09. The number of ether oxygens (including phenoxy) is 1. The Bertz CT molecular complexity index is 1030. The summed E-state index contributed by atoms with van der Waals surface area (Å²) >= 11 is 1.61. The summed E-state index contributed by atoms with van der Waals surface area (Å²) in [5.74, 6) is 1.31. The molecule has 0 radical (unpaired) electrons. The van der Waals surface area contributed by atoms with Gasteiger partial charge in [0.2, 0.25) is 5.95 Å². The molecule has 1 N–H and O–H groups in total. The van der Waals surface area contributed by atoms with E-state index in [-0.39, 0.29) is 0 Å². The van der Waals surface area contributed by atoms with Crippen molar-refractivity contribution >= 4 is 23.0 Å². The number of nitrogens with one attached hydrogen (secondary N) is 1. The highest BCUT2D eigenvalue weighted by Gasteiger charge is 2.06. The first kappa shape index (κ1) is 17.2. The maximum atomic E-state index is 5.88. The molecular formula is C21H18N4OS. The Morgan fingerprint density at radius 2 is 1.85 bits per heavy atom. The molecule has 4 rings (SSSR count). The lowest BCUT2D eigenvalue weighted by atomic mass is 10.2. The summed E-state index contributed by atoms with van der Waals surface area (Å²) in [7, 11) is 0. The molecule has 0 unspecified atom stereocenters. The number of thiazole rings is 1. The predicted octanol–water partition coefficient (Wildman–Crippen LogP) is 5.23. The van der Waals surface area contributed by atoms with Crippen LogP contribution in [0, 0.1) is 6.92 Å². The Morgan fingerprint density at radius 1 is 0.963 bits per heavy atom. The van der Waals surface area contributed by atoms with Crippen LogP contribution in [0.25, 0.3) is 11.4 Å². The summed E-state index contributed by atoms with van der Waals surface area (Å²) in [4.78, 5) is 13.3. The largest absolute Gasteiger partial charge is 0.489 e. The monoisotopic (exact) mass is 374 g/mol. The third kappa shape index (κ3) is 4.48. The fourth-order valence-electron chi connectivity index (χ4n) is 2.58. The van der Waals surface area contributed by atoms with Crippen LogP contribution in [0.5, 0.6) is 5.75 Å². The standard InChI is InChI=1S/C21H18N4OS/c1-15-23-20(14-27-15)19-10-11-22-21(25-19)24-17-8-5-9-18(12-17)26-13-16-6-3-2-4-7-16/h2-12,14H,13H2,1H3,(H,22,24,25). The molecule has 0 amide bonds. The number of hydrogen-bond acceptors (Lipinski definition) is 6. The maximum absolute atomic E-state index is 5.88. The molecule has 6 heteroatoms. The van der Waals surface area contributed by atoms with E-state index in [1.54, 1.807) is 17.5 Å². The van der Waals surface area contributed by atoms with Gasteiger partial charge in [0, 0.05) is 23.3 Å². The quantitative estimate of drug-likeness (QED) is 0.501. The van der Waals surface area contributed by atoms with Crippen molar-refractivity contribution in [2.45, 2.75) is 13.5 Å². The van der Waals surface area contributed by atoms with E-state index in [0.717, 1.165) is 33.4 Å². The average Bonchev–Trinajstić information content (AvgIpc) is 3.14. The van der Waals surface area contributed by atoms with Crippen LogP contribution >= 0.6 is 11.3 Å². The average molecular weight is 374 g/mol. The molecule has 0 saturated heterocycles. The van der Waals surface area contributed by atoms with Crippen LogP contribution in [0.3, 0.4) is 0 Å². The minimum atomic E-state index is 0.526. The van der Waals surface area contributed by atoms with Crippen molar-refractivity contribution in [3.05, 3.63) is 82.8 Å². The lowest BCUT2D eigenvalue weighted by Crippen LogP contribution is -1.99. The predicted molar refractivity (Wildman–Crippen MR) is 108 cm³/mol. The first-order chi connectivity index (χ1) is 13.3. The Balaban J connectivity index is 1.47. The van der Waals surface area contributed by atoms with E-state index in [2.05, 4.69) is 20.3 Å². The Labute approximate surface area is 161 Å². The second-order valence-corrected chi connectivity index (χ2v) is 7.01. The van der Waals surface area contributed by atoms with Gasteiger partial charge in [0.15, 0.2) is 0 Å². The van der Waals surface area contributed by atoms with Crippen molar-refractivity contribution in [1.82, 2.24) is 15.0 Å². The van der Waals surface area contributed by atoms with Crippen LogP contribution < -0.4 is 10.1 Å². The van der Waals surface area contributed by atoms with Crippen molar-refractivity contribution in [2.75, 3.05) is 5.32 Å². The molecule has 2 aromatic carbocycles. The number of hydrogen-bond donors (Lipinski definition) is 1. The lowest BCUT2D eigenvalue weighted by molar-refractivity contribution is 0.306. The molecule has 0 fully saturated rings. The third-order valence-electron chi connectivity index (χ3n) is 3.88. The molecule has 0 aliphatic heterocycles. The molecule has 0 bridgehead atoms. The van der Waals surface area contributed by atoms with Gasteiger partial charge < -0.3 is 10.1 Å². The highest BCUT2D eigenvalue weighted by molar-refractivity contribution is 7.09. The first-order valence-electron chi connectivity index (χ1n) is 8.56. The summed E-state index contributed by atoms with van der Waals surface area (Å²) in [5, 5.41) is 6.25. The Kier molecular flexibility index (Phi) is 5.07. The first-order valence-corrected chi connectivity index (χ1v) is 9.43. The van der Waals surface area contributed by atoms with Crippen LogP contribution in [0.2, 0.25) is 0 Å². The van der Waals surface area contributed by atoms with Crippen molar-refractivity contribution < 1.29 is 4.74 Å². The number of benzene rings is 2. The fourth-order valence-corrected chi connectivity index (χ4v) is 3.18. The van der Waals surface area contributed by atoms with E-state index in [0.29, 0.717) is 12.6 Å². The third-order valence-corrected chi connectivity index (χ3v) is 4.65. The molecule has 5 nitrogen and oxygen atoms in total. The smallest absolute Gasteiger partial charge is 0.227 e. The molecular weight excluding hydrogens is 356 g/mol. The maximum Gasteiger partial charge on any atom is 0.227 e. The van der Waals surface area contributed by atoms with Crippen LogP contribution in [0.15, 0.2) is 72.2 Å². The van der Waals surface area contributed by atoms with Gasteiger partial charge >= 0.3 is 0 Å². The number of aromatic nitrogens is 3. The van der Waals surface area contributed by atoms with Gasteiger partial charge in [0.1, 0.15) is 18.1 Å². The van der Waals surface area contributed by atoms with Crippen molar-refractivity contribution in [3.63, 3.8) is 0 Å². The van der Waals surface area contributed by atoms with Crippen LogP contribution in [0.1, 0.15) is 10.6 Å². The summed E-state index contributed by atoms with van der Waals surface area (Å²) in [5.41, 5.74) is 3.66. The van der Waals surface area contributed by atoms with Gasteiger partial charge in [0.05, 0.1) is 10.7 Å². The number of rotatable bonds is 6. The topological polar surface area (TPSA) is 59.9 Å². The molecule has 2 heterocycles. The normalized spacial score (nSPS) is 10.6. The van der Waals surface area contributed by atoms with E-state index in [1.165, 1.54) is 0 Å². The highest BCUT2D eigenvalue weighted by atomic mass is 32.1. The summed E-state index contributed by atoms with van der Waals surface area (Å²) in [6.07, 6.45) is 1.73. The Morgan fingerprint density at radius 3 is 2.67 bits per heavy atom. The van der Waals surface area contributed by atoms with Crippen molar-refractivity contribution in [1.29, 1.82) is 0 Å². The molecule has 27 heavy (non-hydrogen) atoms. The number of nitrogens with zero attached hydrogens (tertiary/aromatic N) is 3. The van der Waals surface area contributed by atoms with Gasteiger partial charge in [-0.25, -0.2) is 15.0 Å². The number of anilines is 2. The van der Waals surface area contributed by atoms with Crippen molar-refractivity contribution in [3.8, 4) is 17.1 Å². The van der Waals surface area contributed by atoms with E-state index >= 15 is 0 Å². The molecule has 0 atom stereocenters. The molecule has 2 aromatic heterocycles. The molecule has 0 aliphatic rings. The fraction of sp³-hybridized carbons (Fsp3) is 0.0952. The zero-order chi connectivity index (χ0) is 18.5. The van der Waals surface area contributed by atoms with Gasteiger partial charge in [-0.3, -0.25) is 0 Å². The second-order valence-electron chi connectivity index (χ2n) is 5.94. The molecule has 0 spiro atoms.